The van der Waals surface area contributed by atoms with Crippen molar-refractivity contribution in [2.75, 3.05) is 31.2 Å². The number of carbonyl (C=O) groups excluding carboxylic acids is 1. The van der Waals surface area contributed by atoms with Crippen LogP contribution >= 0.6 is 0 Å². The number of ether oxygens (including phenoxy) is 2. The van der Waals surface area contributed by atoms with Gasteiger partial charge in [-0.3, -0.25) is 4.79 Å². The fourth-order valence-corrected chi connectivity index (χ4v) is 4.83. The van der Waals surface area contributed by atoms with Gasteiger partial charge < -0.3 is 30.2 Å². The lowest BCUT2D eigenvalue weighted by atomic mass is 10.0. The molecule has 2 atom stereocenters. The number of hydrogen-bond acceptors (Lipinski definition) is 5. The number of carbonyl (C=O) groups is 1. The lowest BCUT2D eigenvalue weighted by Gasteiger charge is -2.29. The van der Waals surface area contributed by atoms with Crippen LogP contribution in [0.3, 0.4) is 0 Å². The Labute approximate surface area is 224 Å². The number of rotatable bonds is 14. The molecule has 0 aliphatic rings. The monoisotopic (exact) mass is 517 g/mol. The Morgan fingerprint density at radius 3 is 2.42 bits per heavy atom. The minimum atomic E-state index is -0.676. The SMILES string of the molecule is CCC(CCOc1ccc(N(CC(C)C)C[C@H](O)COc2cccc3[nH]c4ccccc4c23)cc1)C(N)=O. The van der Waals surface area contributed by atoms with Gasteiger partial charge in [0.25, 0.3) is 0 Å². The number of fused-ring (bicyclic) bond motifs is 3. The minimum absolute atomic E-state index is 0.164. The molecular weight excluding hydrogens is 478 g/mol. The van der Waals surface area contributed by atoms with E-state index in [0.717, 1.165) is 45.5 Å². The molecule has 0 radical (unpaired) electrons. The zero-order valence-electron chi connectivity index (χ0n) is 22.5. The molecule has 1 heterocycles. The van der Waals surface area contributed by atoms with Crippen molar-refractivity contribution in [3.63, 3.8) is 0 Å². The van der Waals surface area contributed by atoms with Gasteiger partial charge in [0.1, 0.15) is 24.2 Å². The quantitative estimate of drug-likeness (QED) is 0.205. The molecule has 0 bridgehead atoms. The molecule has 0 aliphatic heterocycles. The third-order valence-electron chi connectivity index (χ3n) is 6.77. The van der Waals surface area contributed by atoms with Crippen LogP contribution < -0.4 is 20.1 Å². The summed E-state index contributed by atoms with van der Waals surface area (Å²) in [5, 5.41) is 13.1. The number of H-pyrrole nitrogens is 1. The maximum absolute atomic E-state index is 11.4. The molecule has 1 unspecified atom stereocenters. The summed E-state index contributed by atoms with van der Waals surface area (Å²) in [7, 11) is 0. The van der Waals surface area contributed by atoms with Crippen molar-refractivity contribution in [1.82, 2.24) is 4.98 Å². The van der Waals surface area contributed by atoms with Crippen LogP contribution in [0.15, 0.2) is 66.7 Å². The van der Waals surface area contributed by atoms with E-state index >= 15 is 0 Å². The highest BCUT2D eigenvalue weighted by atomic mass is 16.5. The van der Waals surface area contributed by atoms with Crippen LogP contribution in [0, 0.1) is 11.8 Å². The standard InChI is InChI=1S/C31H39N3O4/c1-4-22(31(32)36)16-17-37-25-14-12-23(13-15-25)34(18-21(2)3)19-24(35)20-38-29-11-7-10-28-30(29)26-8-5-6-9-27(26)33-28/h5-15,21-22,24,33,35H,4,16-20H2,1-3H3,(H2,32,36)/t22?,24-/m0/s1. The molecule has 38 heavy (non-hydrogen) atoms. The van der Waals surface area contributed by atoms with Gasteiger partial charge in [-0.15, -0.1) is 0 Å². The third-order valence-corrected chi connectivity index (χ3v) is 6.77. The van der Waals surface area contributed by atoms with E-state index in [9.17, 15) is 9.90 Å². The molecule has 0 saturated heterocycles. The molecule has 7 heteroatoms. The van der Waals surface area contributed by atoms with E-state index in [1.54, 1.807) is 0 Å². The van der Waals surface area contributed by atoms with E-state index in [4.69, 9.17) is 15.2 Å². The first-order valence-corrected chi connectivity index (χ1v) is 13.4. The molecule has 7 nitrogen and oxygen atoms in total. The maximum atomic E-state index is 11.4. The van der Waals surface area contributed by atoms with Gasteiger partial charge in [0, 0.05) is 41.0 Å². The summed E-state index contributed by atoms with van der Waals surface area (Å²) < 4.78 is 12.0. The fraction of sp³-hybridized carbons (Fsp3) is 0.387. The summed E-state index contributed by atoms with van der Waals surface area (Å²) in [6.45, 7) is 8.14. The first-order valence-electron chi connectivity index (χ1n) is 13.4. The molecular formula is C31H39N3O4. The molecule has 1 amide bonds. The van der Waals surface area contributed by atoms with Gasteiger partial charge in [-0.25, -0.2) is 0 Å². The van der Waals surface area contributed by atoms with E-state index < -0.39 is 6.10 Å². The first-order chi connectivity index (χ1) is 18.4. The number of anilines is 1. The van der Waals surface area contributed by atoms with Gasteiger partial charge >= 0.3 is 0 Å². The summed E-state index contributed by atoms with van der Waals surface area (Å²) in [6.07, 6.45) is 0.640. The number of nitrogens with zero attached hydrogens (tertiary/aromatic N) is 1. The molecule has 202 valence electrons. The second kappa shape index (κ2) is 12.7. The highest BCUT2D eigenvalue weighted by molar-refractivity contribution is 6.10. The maximum Gasteiger partial charge on any atom is 0.220 e. The summed E-state index contributed by atoms with van der Waals surface area (Å²) >= 11 is 0. The molecule has 0 saturated carbocycles. The van der Waals surface area contributed by atoms with Gasteiger partial charge in [0.2, 0.25) is 5.91 Å². The Kier molecular flexibility index (Phi) is 9.13. The number of amides is 1. The second-order valence-electron chi connectivity index (χ2n) is 10.3. The number of aromatic nitrogens is 1. The predicted octanol–water partition coefficient (Wildman–Crippen LogP) is 5.50. The van der Waals surface area contributed by atoms with Gasteiger partial charge in [0.15, 0.2) is 0 Å². The number of nitrogens with two attached hydrogens (primary N) is 1. The number of aliphatic hydroxyl groups is 1. The largest absolute Gasteiger partial charge is 0.494 e. The van der Waals surface area contributed by atoms with E-state index in [1.165, 1.54) is 0 Å². The normalized spacial score (nSPS) is 13.1. The van der Waals surface area contributed by atoms with Crippen molar-refractivity contribution in [3.8, 4) is 11.5 Å². The number of primary amides is 1. The van der Waals surface area contributed by atoms with E-state index in [1.807, 2.05) is 61.5 Å². The Balaban J connectivity index is 1.38. The van der Waals surface area contributed by atoms with Crippen LogP contribution in [-0.4, -0.2) is 48.4 Å². The zero-order valence-corrected chi connectivity index (χ0v) is 22.5. The second-order valence-corrected chi connectivity index (χ2v) is 10.3. The number of aliphatic hydroxyl groups excluding tert-OH is 1. The summed E-state index contributed by atoms with van der Waals surface area (Å²) in [5.41, 5.74) is 8.51. The number of aromatic amines is 1. The molecule has 4 aromatic rings. The van der Waals surface area contributed by atoms with Crippen molar-refractivity contribution in [1.29, 1.82) is 0 Å². The van der Waals surface area contributed by atoms with Crippen molar-refractivity contribution >= 4 is 33.4 Å². The minimum Gasteiger partial charge on any atom is -0.494 e. The van der Waals surface area contributed by atoms with Crippen molar-refractivity contribution in [3.05, 3.63) is 66.7 Å². The molecule has 4 rings (SSSR count). The van der Waals surface area contributed by atoms with Crippen LogP contribution in [0.2, 0.25) is 0 Å². The topological polar surface area (TPSA) is 101 Å². The lowest BCUT2D eigenvalue weighted by molar-refractivity contribution is -0.122. The Bertz CT molecular complexity index is 1330. The Morgan fingerprint density at radius 1 is 0.974 bits per heavy atom. The lowest BCUT2D eigenvalue weighted by Crippen LogP contribution is -2.37. The number of para-hydroxylation sites is 1. The van der Waals surface area contributed by atoms with Crippen molar-refractivity contribution < 1.29 is 19.4 Å². The third kappa shape index (κ3) is 6.78. The van der Waals surface area contributed by atoms with Gasteiger partial charge in [-0.05, 0) is 61.2 Å². The van der Waals surface area contributed by atoms with E-state index in [2.05, 4.69) is 35.9 Å². The average Bonchev–Trinajstić information content (AvgIpc) is 3.29. The molecule has 0 aliphatic carbocycles. The van der Waals surface area contributed by atoms with Gasteiger partial charge in [-0.1, -0.05) is 45.0 Å². The van der Waals surface area contributed by atoms with E-state index in [0.29, 0.717) is 31.9 Å². The summed E-state index contributed by atoms with van der Waals surface area (Å²) in [4.78, 5) is 17.0. The van der Waals surface area contributed by atoms with Crippen LogP contribution in [0.5, 0.6) is 11.5 Å². The van der Waals surface area contributed by atoms with Crippen LogP contribution in [0.1, 0.15) is 33.6 Å². The predicted molar refractivity (Wildman–Crippen MR) is 154 cm³/mol. The summed E-state index contributed by atoms with van der Waals surface area (Å²) in [5.74, 6) is 1.48. The van der Waals surface area contributed by atoms with Gasteiger partial charge in [-0.2, -0.15) is 0 Å². The fourth-order valence-electron chi connectivity index (χ4n) is 4.83. The van der Waals surface area contributed by atoms with Crippen molar-refractivity contribution in [2.24, 2.45) is 17.6 Å². The smallest absolute Gasteiger partial charge is 0.220 e. The zero-order chi connectivity index (χ0) is 27.1. The van der Waals surface area contributed by atoms with E-state index in [-0.39, 0.29) is 18.4 Å². The van der Waals surface area contributed by atoms with Gasteiger partial charge in [0.05, 0.1) is 12.1 Å². The average molecular weight is 518 g/mol. The number of nitrogens with one attached hydrogen (secondary N) is 1. The van der Waals surface area contributed by atoms with Crippen LogP contribution in [0.4, 0.5) is 5.69 Å². The molecule has 4 N–H and O–H groups in total. The Morgan fingerprint density at radius 2 is 1.71 bits per heavy atom. The molecule has 3 aromatic carbocycles. The molecule has 0 spiro atoms. The highest BCUT2D eigenvalue weighted by Crippen LogP contribution is 2.33. The Hall–Kier alpha value is -3.71. The van der Waals surface area contributed by atoms with Crippen molar-refractivity contribution in [2.45, 2.75) is 39.7 Å². The van der Waals surface area contributed by atoms with Crippen LogP contribution in [-0.2, 0) is 4.79 Å². The molecule has 0 fully saturated rings. The molecule has 1 aromatic heterocycles. The first kappa shape index (κ1) is 27.3. The summed E-state index contributed by atoms with van der Waals surface area (Å²) in [6, 6.07) is 22.0. The number of benzene rings is 3. The van der Waals surface area contributed by atoms with Crippen LogP contribution in [0.25, 0.3) is 21.8 Å². The highest BCUT2D eigenvalue weighted by Gasteiger charge is 2.17. The number of hydrogen-bond donors (Lipinski definition) is 3.